The van der Waals surface area contributed by atoms with Gasteiger partial charge in [0.25, 0.3) is 0 Å². The molecule has 0 unspecified atom stereocenters. The smallest absolute Gasteiger partial charge is 0.128 e. The molecule has 0 N–H and O–H groups in total. The number of likely N-dealkylation sites (N-methyl/N-ethyl adjacent to an activating group) is 1. The summed E-state index contributed by atoms with van der Waals surface area (Å²) in [5.74, 6) is 1.41. The average Bonchev–Trinajstić information content (AvgIpc) is 2.99. The highest BCUT2D eigenvalue weighted by atomic mass is 16.5. The fraction of sp³-hybridized carbons (Fsp3) is 0.421. The Kier molecular flexibility index (Phi) is 5.99. The van der Waals surface area contributed by atoms with Gasteiger partial charge in [0.1, 0.15) is 5.75 Å². The van der Waals surface area contributed by atoms with Crippen molar-refractivity contribution >= 4 is 5.70 Å². The Morgan fingerprint density at radius 2 is 2.00 bits per heavy atom. The van der Waals surface area contributed by atoms with Gasteiger partial charge < -0.3 is 14.2 Å². The van der Waals surface area contributed by atoms with Crippen LogP contribution in [0.3, 0.4) is 0 Å². The van der Waals surface area contributed by atoms with Crippen LogP contribution in [0.1, 0.15) is 26.3 Å². The van der Waals surface area contributed by atoms with Crippen molar-refractivity contribution in [1.82, 2.24) is 14.5 Å². The molecule has 0 amide bonds. The fourth-order valence-electron chi connectivity index (χ4n) is 2.57. The van der Waals surface area contributed by atoms with Crippen molar-refractivity contribution in [3.8, 4) is 5.75 Å². The van der Waals surface area contributed by atoms with Gasteiger partial charge in [-0.3, -0.25) is 0 Å². The van der Waals surface area contributed by atoms with Crippen LogP contribution in [-0.2, 0) is 0 Å². The van der Waals surface area contributed by atoms with Gasteiger partial charge in [0, 0.05) is 24.5 Å². The van der Waals surface area contributed by atoms with E-state index in [1.54, 1.807) is 6.20 Å². The second kappa shape index (κ2) is 7.97. The first-order chi connectivity index (χ1) is 11.0. The van der Waals surface area contributed by atoms with Gasteiger partial charge in [0.15, 0.2) is 0 Å². The summed E-state index contributed by atoms with van der Waals surface area (Å²) in [5, 5.41) is 0. The molecule has 1 heterocycles. The molecule has 0 aliphatic carbocycles. The topological polar surface area (TPSA) is 30.3 Å². The molecule has 4 heteroatoms. The Bertz CT molecular complexity index is 642. The normalized spacial score (nSPS) is 12.7. The van der Waals surface area contributed by atoms with Gasteiger partial charge in [-0.15, -0.1) is 0 Å². The van der Waals surface area contributed by atoms with Crippen molar-refractivity contribution < 1.29 is 4.74 Å². The summed E-state index contributed by atoms with van der Waals surface area (Å²) in [4.78, 5) is 6.38. The predicted octanol–water partition coefficient (Wildman–Crippen LogP) is 3.76. The number of aromatic nitrogens is 2. The van der Waals surface area contributed by atoms with Crippen LogP contribution in [0.15, 0.2) is 48.6 Å². The Hall–Kier alpha value is -2.07. The molecule has 0 spiro atoms. The number of ether oxygens (including phenoxy) is 1. The second-order valence-electron chi connectivity index (χ2n) is 6.54. The third-order valence-electron chi connectivity index (χ3n) is 3.43. The zero-order valence-corrected chi connectivity index (χ0v) is 14.8. The number of imidazole rings is 1. The summed E-state index contributed by atoms with van der Waals surface area (Å²) in [6, 6.07) is 8.23. The minimum Gasteiger partial charge on any atom is -0.493 e. The quantitative estimate of drug-likeness (QED) is 0.779. The third kappa shape index (κ3) is 4.70. The van der Waals surface area contributed by atoms with Crippen LogP contribution >= 0.6 is 0 Å². The molecule has 0 bridgehead atoms. The monoisotopic (exact) mass is 313 g/mol. The molecule has 2 aromatic rings. The lowest BCUT2D eigenvalue weighted by Gasteiger charge is -2.20. The van der Waals surface area contributed by atoms with Gasteiger partial charge in [-0.2, -0.15) is 0 Å². The van der Waals surface area contributed by atoms with Crippen LogP contribution in [0.2, 0.25) is 0 Å². The van der Waals surface area contributed by atoms with Crippen LogP contribution < -0.4 is 4.74 Å². The van der Waals surface area contributed by atoms with Crippen LogP contribution in [0.25, 0.3) is 5.70 Å². The summed E-state index contributed by atoms with van der Waals surface area (Å²) in [5.41, 5.74) is 3.51. The van der Waals surface area contributed by atoms with Gasteiger partial charge in [0.2, 0.25) is 0 Å². The molecule has 0 saturated carbocycles. The van der Waals surface area contributed by atoms with E-state index in [4.69, 9.17) is 4.74 Å². The lowest BCUT2D eigenvalue weighted by Crippen LogP contribution is -2.16. The minimum atomic E-state index is 0.492. The van der Waals surface area contributed by atoms with E-state index in [-0.39, 0.29) is 0 Å². The van der Waals surface area contributed by atoms with E-state index in [1.807, 2.05) is 24.7 Å². The van der Waals surface area contributed by atoms with E-state index >= 15 is 0 Å². The first-order valence-corrected chi connectivity index (χ1v) is 8.04. The second-order valence-corrected chi connectivity index (χ2v) is 6.54. The molecule has 0 saturated heterocycles. The lowest BCUT2D eigenvalue weighted by molar-refractivity contribution is 0.270. The van der Waals surface area contributed by atoms with Crippen molar-refractivity contribution in [3.05, 3.63) is 54.1 Å². The van der Waals surface area contributed by atoms with Gasteiger partial charge in [-0.25, -0.2) is 4.98 Å². The lowest BCUT2D eigenvalue weighted by atomic mass is 10.1. The number of hydrogen-bond acceptors (Lipinski definition) is 3. The van der Waals surface area contributed by atoms with Gasteiger partial charge >= 0.3 is 0 Å². The van der Waals surface area contributed by atoms with E-state index in [0.29, 0.717) is 12.5 Å². The molecule has 0 aliphatic rings. The molecule has 1 aromatic carbocycles. The largest absolute Gasteiger partial charge is 0.493 e. The molecule has 0 aliphatic heterocycles. The first-order valence-electron chi connectivity index (χ1n) is 8.04. The highest BCUT2D eigenvalue weighted by Gasteiger charge is 2.14. The van der Waals surface area contributed by atoms with Gasteiger partial charge in [-0.1, -0.05) is 26.0 Å². The number of para-hydroxylation sites is 1. The molecule has 0 radical (unpaired) electrons. The van der Waals surface area contributed by atoms with Crippen molar-refractivity contribution in [2.75, 3.05) is 27.2 Å². The summed E-state index contributed by atoms with van der Waals surface area (Å²) < 4.78 is 8.12. The molecule has 2 rings (SSSR count). The maximum atomic E-state index is 6.05. The fourth-order valence-corrected chi connectivity index (χ4v) is 2.57. The summed E-state index contributed by atoms with van der Waals surface area (Å²) in [6.07, 6.45) is 5.63. The van der Waals surface area contributed by atoms with E-state index in [1.165, 1.54) is 5.57 Å². The molecular weight excluding hydrogens is 286 g/mol. The molecule has 0 atom stereocenters. The maximum absolute atomic E-state index is 6.05. The van der Waals surface area contributed by atoms with Crippen molar-refractivity contribution in [3.63, 3.8) is 0 Å². The van der Waals surface area contributed by atoms with Crippen molar-refractivity contribution in [2.24, 2.45) is 5.92 Å². The first kappa shape index (κ1) is 17.3. The molecular formula is C19H27N3O. The van der Waals surface area contributed by atoms with Crippen LogP contribution in [-0.4, -0.2) is 41.7 Å². The zero-order valence-electron chi connectivity index (χ0n) is 14.8. The van der Waals surface area contributed by atoms with Crippen molar-refractivity contribution in [1.29, 1.82) is 0 Å². The number of hydrogen-bond donors (Lipinski definition) is 0. The van der Waals surface area contributed by atoms with E-state index in [0.717, 1.165) is 23.6 Å². The van der Waals surface area contributed by atoms with Gasteiger partial charge in [0.05, 0.1) is 18.6 Å². The highest BCUT2D eigenvalue weighted by molar-refractivity contribution is 5.73. The zero-order chi connectivity index (χ0) is 16.8. The summed E-state index contributed by atoms with van der Waals surface area (Å²) in [7, 11) is 4.16. The molecule has 0 fully saturated rings. The Labute approximate surface area is 139 Å². The predicted molar refractivity (Wildman–Crippen MR) is 95.5 cm³/mol. The van der Waals surface area contributed by atoms with E-state index < -0.39 is 0 Å². The third-order valence-corrected chi connectivity index (χ3v) is 3.43. The number of nitrogens with zero attached hydrogens (tertiary/aromatic N) is 3. The average molecular weight is 313 g/mol. The molecule has 1 aromatic heterocycles. The summed E-state index contributed by atoms with van der Waals surface area (Å²) >= 11 is 0. The maximum Gasteiger partial charge on any atom is 0.128 e. The highest BCUT2D eigenvalue weighted by Crippen LogP contribution is 2.30. The van der Waals surface area contributed by atoms with Gasteiger partial charge in [-0.05, 0) is 44.6 Å². The molecule has 4 nitrogen and oxygen atoms in total. The van der Waals surface area contributed by atoms with Crippen LogP contribution in [0.5, 0.6) is 5.75 Å². The van der Waals surface area contributed by atoms with Crippen molar-refractivity contribution in [2.45, 2.75) is 20.8 Å². The van der Waals surface area contributed by atoms with E-state index in [9.17, 15) is 0 Å². The number of benzene rings is 1. The standard InChI is InChI=1S/C19H27N3O/c1-15(2)13-23-18-9-7-6-8-17(18)19(16(3)12-21(4)5)22-11-10-20-14-22/h6-11,14-15H,12-13H2,1-5H3/b19-16+. The Balaban J connectivity index is 2.48. The summed E-state index contributed by atoms with van der Waals surface area (Å²) in [6.45, 7) is 8.07. The minimum absolute atomic E-state index is 0.492. The van der Waals surface area contributed by atoms with Crippen LogP contribution in [0, 0.1) is 5.92 Å². The molecule has 23 heavy (non-hydrogen) atoms. The SMILES string of the molecule is C/C(CN(C)C)=C(/c1ccccc1OCC(C)C)n1ccnc1. The van der Waals surface area contributed by atoms with Crippen LogP contribution in [0.4, 0.5) is 0 Å². The molecule has 124 valence electrons. The van der Waals surface area contributed by atoms with E-state index in [2.05, 4.69) is 61.5 Å². The Morgan fingerprint density at radius 3 is 2.61 bits per heavy atom. The Morgan fingerprint density at radius 1 is 1.26 bits per heavy atom. The number of rotatable bonds is 7.